The number of carboxylic acid groups (broad SMARTS) is 1. The minimum atomic E-state index is -1.56. The van der Waals surface area contributed by atoms with Crippen LogP contribution in [-0.4, -0.2) is 88.4 Å². The number of nitrogens with one attached hydrogen (secondary N) is 3. The van der Waals surface area contributed by atoms with Gasteiger partial charge in [0.15, 0.2) is 12.0 Å². The molecule has 0 bridgehead atoms. The third kappa shape index (κ3) is 9.99. The molecule has 14 nitrogen and oxygen atoms in total. The summed E-state index contributed by atoms with van der Waals surface area (Å²) in [6, 6.07) is -5.11. The van der Waals surface area contributed by atoms with E-state index in [0.717, 1.165) is 0 Å². The number of aliphatic carboxylic acids is 1. The second-order valence-electron chi connectivity index (χ2n) is 6.59. The summed E-state index contributed by atoms with van der Waals surface area (Å²) in [5.74, 6) is -3.96. The number of aliphatic hydroxyl groups excluding tert-OH is 2. The van der Waals surface area contributed by atoms with Crippen molar-refractivity contribution in [2.24, 2.45) is 22.2 Å². The van der Waals surface area contributed by atoms with Crippen molar-refractivity contribution in [2.75, 3.05) is 13.2 Å². The summed E-state index contributed by atoms with van der Waals surface area (Å²) in [6.07, 6.45) is -0.975. The molecule has 0 rings (SSSR count). The van der Waals surface area contributed by atoms with Crippen molar-refractivity contribution in [3.8, 4) is 0 Å². The Morgan fingerprint density at radius 1 is 1.00 bits per heavy atom. The first-order chi connectivity index (χ1) is 13.9. The Morgan fingerprint density at radius 2 is 1.60 bits per heavy atom. The molecule has 0 aliphatic heterocycles. The normalized spacial score (nSPS) is 15.6. The minimum absolute atomic E-state index is 0.0895. The molecule has 30 heavy (non-hydrogen) atoms. The molecular formula is C16H31N7O7. The predicted octanol–water partition coefficient (Wildman–Crippen LogP) is -4.70. The van der Waals surface area contributed by atoms with Gasteiger partial charge in [-0.05, 0) is 26.7 Å². The van der Waals surface area contributed by atoms with Gasteiger partial charge in [-0.2, -0.15) is 0 Å². The molecule has 172 valence electrons. The zero-order chi connectivity index (χ0) is 23.4. The van der Waals surface area contributed by atoms with Gasteiger partial charge in [0.1, 0.15) is 18.1 Å². The van der Waals surface area contributed by atoms with Crippen LogP contribution in [-0.2, 0) is 19.2 Å². The molecular weight excluding hydrogens is 402 g/mol. The van der Waals surface area contributed by atoms with Crippen LogP contribution in [0.15, 0.2) is 4.99 Å². The highest BCUT2D eigenvalue weighted by Gasteiger charge is 2.29. The quantitative estimate of drug-likeness (QED) is 0.0761. The third-order valence-electron chi connectivity index (χ3n) is 3.91. The molecule has 0 radical (unpaired) electrons. The number of nitrogens with two attached hydrogens (primary N) is 3. The summed E-state index contributed by atoms with van der Waals surface area (Å²) in [4.78, 5) is 51.4. The van der Waals surface area contributed by atoms with Crippen LogP contribution in [0.1, 0.15) is 26.7 Å². The van der Waals surface area contributed by atoms with Gasteiger partial charge in [0.25, 0.3) is 0 Å². The van der Waals surface area contributed by atoms with Gasteiger partial charge in [0.2, 0.25) is 17.7 Å². The van der Waals surface area contributed by atoms with E-state index >= 15 is 0 Å². The number of hydrogen-bond donors (Lipinski definition) is 9. The van der Waals surface area contributed by atoms with Gasteiger partial charge < -0.3 is 48.5 Å². The number of hydrogen-bond acceptors (Lipinski definition) is 8. The molecule has 0 aromatic carbocycles. The molecule has 0 aliphatic rings. The van der Waals surface area contributed by atoms with Crippen molar-refractivity contribution in [1.29, 1.82) is 0 Å². The zero-order valence-corrected chi connectivity index (χ0v) is 16.9. The SMILES string of the molecule is CC(NC(=O)C(CCCN=C(N)N)NC(=O)C(N)CO)C(=O)NC(C(=O)O)C(C)O. The van der Waals surface area contributed by atoms with Gasteiger partial charge in [-0.1, -0.05) is 0 Å². The molecule has 14 heteroatoms. The van der Waals surface area contributed by atoms with Crippen molar-refractivity contribution in [3.05, 3.63) is 0 Å². The Balaban J connectivity index is 5.09. The summed E-state index contributed by atoms with van der Waals surface area (Å²) < 4.78 is 0. The lowest BCUT2D eigenvalue weighted by Gasteiger charge is -2.23. The maximum Gasteiger partial charge on any atom is 0.328 e. The molecule has 0 fully saturated rings. The topological polar surface area (TPSA) is 255 Å². The van der Waals surface area contributed by atoms with Crippen molar-refractivity contribution in [3.63, 3.8) is 0 Å². The first-order valence-corrected chi connectivity index (χ1v) is 9.14. The average molecular weight is 433 g/mol. The largest absolute Gasteiger partial charge is 0.480 e. The Hall–Kier alpha value is -2.97. The van der Waals surface area contributed by atoms with Gasteiger partial charge in [0.05, 0.1) is 12.7 Å². The summed E-state index contributed by atoms with van der Waals surface area (Å²) in [6.45, 7) is 2.03. The van der Waals surface area contributed by atoms with Gasteiger partial charge >= 0.3 is 5.97 Å². The first-order valence-electron chi connectivity index (χ1n) is 9.14. The van der Waals surface area contributed by atoms with Crippen LogP contribution in [0.3, 0.4) is 0 Å². The standard InChI is InChI=1S/C16H31N7O7/c1-7(12(26)23-11(8(2)25)15(29)30)21-14(28)10(4-3-5-20-16(18)19)22-13(27)9(17)6-24/h7-11,24-25H,3-6,17H2,1-2H3,(H,21,28)(H,22,27)(H,23,26)(H,29,30)(H4,18,19,20). The maximum absolute atomic E-state index is 12.5. The van der Waals surface area contributed by atoms with Crippen molar-refractivity contribution in [1.82, 2.24) is 16.0 Å². The summed E-state index contributed by atoms with van der Waals surface area (Å²) in [5.41, 5.74) is 15.9. The van der Waals surface area contributed by atoms with Crippen LogP contribution in [0.2, 0.25) is 0 Å². The van der Waals surface area contributed by atoms with Crippen molar-refractivity contribution in [2.45, 2.75) is 57.0 Å². The predicted molar refractivity (Wildman–Crippen MR) is 106 cm³/mol. The Kier molecular flexibility index (Phi) is 12.0. The van der Waals surface area contributed by atoms with Crippen molar-refractivity contribution < 1.29 is 34.5 Å². The van der Waals surface area contributed by atoms with E-state index in [-0.39, 0.29) is 18.9 Å². The van der Waals surface area contributed by atoms with E-state index in [1.165, 1.54) is 13.8 Å². The molecule has 0 spiro atoms. The molecule has 0 heterocycles. The number of amides is 3. The molecule has 0 aromatic heterocycles. The fraction of sp³-hybridized carbons (Fsp3) is 0.688. The number of nitrogens with zero attached hydrogens (tertiary/aromatic N) is 1. The monoisotopic (exact) mass is 433 g/mol. The smallest absolute Gasteiger partial charge is 0.328 e. The van der Waals surface area contributed by atoms with E-state index in [1.54, 1.807) is 0 Å². The minimum Gasteiger partial charge on any atom is -0.480 e. The Labute approximate surface area is 173 Å². The van der Waals surface area contributed by atoms with Gasteiger partial charge in [0, 0.05) is 6.54 Å². The number of carbonyl (C=O) groups excluding carboxylic acids is 3. The molecule has 0 saturated carbocycles. The highest BCUT2D eigenvalue weighted by Crippen LogP contribution is 2.01. The summed E-state index contributed by atoms with van der Waals surface area (Å²) >= 11 is 0. The number of carbonyl (C=O) groups is 4. The number of rotatable bonds is 13. The number of aliphatic hydroxyl groups is 2. The zero-order valence-electron chi connectivity index (χ0n) is 16.9. The average Bonchev–Trinajstić information content (AvgIpc) is 2.66. The van der Waals surface area contributed by atoms with Gasteiger partial charge in [-0.3, -0.25) is 19.4 Å². The fourth-order valence-electron chi connectivity index (χ4n) is 2.18. The van der Waals surface area contributed by atoms with E-state index in [0.29, 0.717) is 6.42 Å². The van der Waals surface area contributed by atoms with Crippen LogP contribution in [0.5, 0.6) is 0 Å². The molecule has 3 amide bonds. The molecule has 12 N–H and O–H groups in total. The second kappa shape index (κ2) is 13.3. The van der Waals surface area contributed by atoms with Crippen LogP contribution in [0.25, 0.3) is 0 Å². The van der Waals surface area contributed by atoms with Gasteiger partial charge in [-0.25, -0.2) is 4.79 Å². The molecule has 0 saturated heterocycles. The maximum atomic E-state index is 12.5. The van der Waals surface area contributed by atoms with Crippen LogP contribution >= 0.6 is 0 Å². The fourth-order valence-corrected chi connectivity index (χ4v) is 2.18. The van der Waals surface area contributed by atoms with Gasteiger partial charge in [-0.15, -0.1) is 0 Å². The number of carboxylic acids is 1. The van der Waals surface area contributed by atoms with Crippen molar-refractivity contribution >= 4 is 29.7 Å². The Morgan fingerprint density at radius 3 is 2.07 bits per heavy atom. The second-order valence-corrected chi connectivity index (χ2v) is 6.59. The highest BCUT2D eigenvalue weighted by molar-refractivity contribution is 5.94. The van der Waals surface area contributed by atoms with E-state index in [1.807, 2.05) is 0 Å². The lowest BCUT2D eigenvalue weighted by Crippen LogP contribution is -2.57. The molecule has 0 aromatic rings. The van der Waals surface area contributed by atoms with Crippen LogP contribution in [0.4, 0.5) is 0 Å². The van der Waals surface area contributed by atoms with E-state index in [4.69, 9.17) is 27.4 Å². The molecule has 0 aliphatic carbocycles. The Bertz CT molecular complexity index is 637. The third-order valence-corrected chi connectivity index (χ3v) is 3.91. The van der Waals surface area contributed by atoms with Crippen LogP contribution in [0, 0.1) is 0 Å². The summed E-state index contributed by atoms with van der Waals surface area (Å²) in [7, 11) is 0. The lowest BCUT2D eigenvalue weighted by atomic mass is 10.1. The number of aliphatic imine (C=N–C) groups is 1. The molecule has 5 atom stereocenters. The first kappa shape index (κ1) is 27.0. The van der Waals surface area contributed by atoms with Crippen LogP contribution < -0.4 is 33.2 Å². The molecule has 5 unspecified atom stereocenters. The lowest BCUT2D eigenvalue weighted by molar-refractivity contribution is -0.145. The highest BCUT2D eigenvalue weighted by atomic mass is 16.4. The van der Waals surface area contributed by atoms with E-state index in [9.17, 15) is 24.3 Å². The summed E-state index contributed by atoms with van der Waals surface area (Å²) in [5, 5.41) is 34.2. The number of guanidine groups is 1. The van der Waals surface area contributed by atoms with E-state index < -0.39 is 60.6 Å². The van der Waals surface area contributed by atoms with E-state index in [2.05, 4.69) is 20.9 Å².